The van der Waals surface area contributed by atoms with E-state index in [4.69, 9.17) is 5.11 Å². The van der Waals surface area contributed by atoms with Gasteiger partial charge in [-0.2, -0.15) is 0 Å². The summed E-state index contributed by atoms with van der Waals surface area (Å²) >= 11 is 0. The number of fused-ring (bicyclic) bond motifs is 1. The van der Waals surface area contributed by atoms with Crippen LogP contribution in [0.3, 0.4) is 0 Å². The van der Waals surface area contributed by atoms with Crippen LogP contribution in [0, 0.1) is 11.8 Å². The van der Waals surface area contributed by atoms with Gasteiger partial charge >= 0.3 is 5.97 Å². The zero-order valence-corrected chi connectivity index (χ0v) is 28.2. The number of benzene rings is 4. The van der Waals surface area contributed by atoms with E-state index in [9.17, 15) is 14.4 Å². The number of anilines is 2. The minimum absolute atomic E-state index is 0.0577. The molecule has 1 unspecified atom stereocenters. The fraction of sp³-hybridized carbons (Fsp3) is 0.293. The first-order chi connectivity index (χ1) is 23.1. The Hall–Kier alpha value is -5.17. The van der Waals surface area contributed by atoms with E-state index in [2.05, 4.69) is 62.6 Å². The van der Waals surface area contributed by atoms with Gasteiger partial charge in [-0.15, -0.1) is 0 Å². The number of aliphatic carboxylic acids is 1. The molecule has 0 saturated heterocycles. The number of carbonyl (C=O) groups is 3. The molecule has 48 heavy (non-hydrogen) atoms. The molecule has 5 aromatic rings. The summed E-state index contributed by atoms with van der Waals surface area (Å²) in [7, 11) is 0. The molecule has 1 aromatic heterocycles. The maximum absolute atomic E-state index is 13.9. The third-order valence-corrected chi connectivity index (χ3v) is 8.34. The van der Waals surface area contributed by atoms with Crippen LogP contribution in [0.1, 0.15) is 79.2 Å². The van der Waals surface area contributed by atoms with E-state index in [1.165, 1.54) is 11.1 Å². The molecular formula is C41H45N3O4. The fourth-order valence-electron chi connectivity index (χ4n) is 6.11. The molecule has 1 amide bonds. The van der Waals surface area contributed by atoms with Gasteiger partial charge in [-0.05, 0) is 78.1 Å². The maximum Gasteiger partial charge on any atom is 0.303 e. The number of carboxylic acids is 1. The van der Waals surface area contributed by atoms with Crippen molar-refractivity contribution in [1.29, 1.82) is 0 Å². The van der Waals surface area contributed by atoms with Gasteiger partial charge in [0, 0.05) is 52.6 Å². The highest BCUT2D eigenvalue weighted by Crippen LogP contribution is 2.28. The quantitative estimate of drug-likeness (QED) is 0.0990. The van der Waals surface area contributed by atoms with Gasteiger partial charge < -0.3 is 20.3 Å². The number of ketones is 1. The van der Waals surface area contributed by atoms with Crippen LogP contribution in [-0.4, -0.2) is 27.3 Å². The number of nitrogens with one attached hydrogen (secondary N) is 2. The number of amides is 1. The van der Waals surface area contributed by atoms with Crippen molar-refractivity contribution in [2.75, 3.05) is 10.6 Å². The molecule has 0 fully saturated rings. The summed E-state index contributed by atoms with van der Waals surface area (Å²) in [6.07, 6.45) is 4.26. The molecule has 0 aliphatic rings. The smallest absolute Gasteiger partial charge is 0.303 e. The molecule has 0 spiro atoms. The number of para-hydroxylation sites is 1. The Morgan fingerprint density at radius 3 is 2.04 bits per heavy atom. The average Bonchev–Trinajstić information content (AvgIpc) is 3.42. The summed E-state index contributed by atoms with van der Waals surface area (Å²) in [6.45, 7) is 9.23. The van der Waals surface area contributed by atoms with Gasteiger partial charge in [0.2, 0.25) is 0 Å². The normalized spacial score (nSPS) is 12.0. The van der Waals surface area contributed by atoms with E-state index in [0.29, 0.717) is 41.6 Å². The van der Waals surface area contributed by atoms with Crippen molar-refractivity contribution in [1.82, 2.24) is 4.57 Å². The number of carboxylic acid groups (broad SMARTS) is 1. The number of nitrogens with zero attached hydrogens (tertiary/aromatic N) is 1. The Balaban J connectivity index is 1.41. The summed E-state index contributed by atoms with van der Waals surface area (Å²) in [5.41, 5.74) is 6.54. The van der Waals surface area contributed by atoms with Crippen LogP contribution in [-0.2, 0) is 29.0 Å². The molecule has 248 valence electrons. The molecule has 5 rings (SSSR count). The number of aromatic nitrogens is 1. The number of aryl methyl sites for hydroxylation is 1. The summed E-state index contributed by atoms with van der Waals surface area (Å²) in [4.78, 5) is 38.9. The van der Waals surface area contributed by atoms with Gasteiger partial charge in [0.25, 0.3) is 5.91 Å². The predicted molar refractivity (Wildman–Crippen MR) is 194 cm³/mol. The topological polar surface area (TPSA) is 100 Å². The molecule has 3 N–H and O–H groups in total. The highest BCUT2D eigenvalue weighted by atomic mass is 16.4. The van der Waals surface area contributed by atoms with Gasteiger partial charge in [0.15, 0.2) is 5.78 Å². The third-order valence-electron chi connectivity index (χ3n) is 8.34. The first kappa shape index (κ1) is 34.2. The molecule has 0 aliphatic carbocycles. The monoisotopic (exact) mass is 643 g/mol. The summed E-state index contributed by atoms with van der Waals surface area (Å²) < 4.78 is 1.95. The zero-order valence-electron chi connectivity index (χ0n) is 28.2. The lowest BCUT2D eigenvalue weighted by Gasteiger charge is -2.21. The Kier molecular flexibility index (Phi) is 11.1. The minimum Gasteiger partial charge on any atom is -0.481 e. The maximum atomic E-state index is 13.9. The molecule has 0 saturated carbocycles. The molecule has 1 heterocycles. The van der Waals surface area contributed by atoms with E-state index in [1.807, 2.05) is 71.4 Å². The van der Waals surface area contributed by atoms with Crippen molar-refractivity contribution in [2.45, 2.75) is 66.0 Å². The number of carbonyl (C=O) groups excluding carboxylic acids is 2. The molecule has 0 radical (unpaired) electrons. The lowest BCUT2D eigenvalue weighted by atomic mass is 9.98. The Morgan fingerprint density at radius 2 is 1.40 bits per heavy atom. The van der Waals surface area contributed by atoms with Gasteiger partial charge in [0.1, 0.15) is 6.04 Å². The van der Waals surface area contributed by atoms with Crippen LogP contribution in [0.15, 0.2) is 103 Å². The number of hydrogen-bond acceptors (Lipinski definition) is 4. The summed E-state index contributed by atoms with van der Waals surface area (Å²) in [6, 6.07) is 30.3. The van der Waals surface area contributed by atoms with Crippen LogP contribution in [0.25, 0.3) is 10.9 Å². The van der Waals surface area contributed by atoms with Gasteiger partial charge in [-0.25, -0.2) is 0 Å². The predicted octanol–water partition coefficient (Wildman–Crippen LogP) is 8.93. The van der Waals surface area contributed by atoms with E-state index >= 15 is 0 Å². The van der Waals surface area contributed by atoms with E-state index in [1.54, 1.807) is 12.1 Å². The zero-order chi connectivity index (χ0) is 34.2. The first-order valence-corrected chi connectivity index (χ1v) is 16.8. The van der Waals surface area contributed by atoms with Gasteiger partial charge in [-0.3, -0.25) is 14.4 Å². The largest absolute Gasteiger partial charge is 0.481 e. The lowest BCUT2D eigenvalue weighted by Crippen LogP contribution is -2.27. The Labute approximate surface area is 283 Å². The average molecular weight is 644 g/mol. The van der Waals surface area contributed by atoms with Crippen molar-refractivity contribution in [2.24, 2.45) is 11.8 Å². The molecule has 1 atom stereocenters. The minimum atomic E-state index is -0.842. The summed E-state index contributed by atoms with van der Waals surface area (Å²) in [5.74, 6) is -0.129. The van der Waals surface area contributed by atoms with Crippen LogP contribution < -0.4 is 10.6 Å². The van der Waals surface area contributed by atoms with Crippen LogP contribution in [0.5, 0.6) is 0 Å². The van der Waals surface area contributed by atoms with Crippen molar-refractivity contribution in [3.8, 4) is 0 Å². The van der Waals surface area contributed by atoms with Crippen LogP contribution >= 0.6 is 0 Å². The molecular weight excluding hydrogens is 598 g/mol. The standard InChI is InChI=1S/C41H45N3O4/c1-27(2)23-29-14-18-31(19-15-29)39(41(48)43-33-20-16-30(17-21-33)24-28(3)4)42-34-10-7-9-32(25-34)40(47)36-26-44(22-8-13-38(45)46)37-12-6-5-11-35(36)37/h5-7,9-12,14-21,25-28,39,42H,8,13,22-24H2,1-4H3,(H,43,48)(H,45,46). The molecule has 7 heteroatoms. The second kappa shape index (κ2) is 15.6. The fourth-order valence-corrected chi connectivity index (χ4v) is 6.11. The molecule has 4 aromatic carbocycles. The van der Waals surface area contributed by atoms with E-state index < -0.39 is 12.0 Å². The first-order valence-electron chi connectivity index (χ1n) is 16.8. The van der Waals surface area contributed by atoms with Gasteiger partial charge in [0.05, 0.1) is 0 Å². The lowest BCUT2D eigenvalue weighted by molar-refractivity contribution is -0.137. The van der Waals surface area contributed by atoms with Crippen molar-refractivity contribution in [3.63, 3.8) is 0 Å². The molecule has 0 bridgehead atoms. The van der Waals surface area contributed by atoms with E-state index in [0.717, 1.165) is 35.0 Å². The summed E-state index contributed by atoms with van der Waals surface area (Å²) in [5, 5.41) is 16.4. The van der Waals surface area contributed by atoms with Crippen molar-refractivity contribution < 1.29 is 19.5 Å². The molecule has 0 aliphatic heterocycles. The van der Waals surface area contributed by atoms with Crippen LogP contribution in [0.4, 0.5) is 11.4 Å². The van der Waals surface area contributed by atoms with Crippen molar-refractivity contribution in [3.05, 3.63) is 131 Å². The Bertz CT molecular complexity index is 1870. The highest BCUT2D eigenvalue weighted by molar-refractivity contribution is 6.16. The van der Waals surface area contributed by atoms with Gasteiger partial charge in [-0.1, -0.05) is 94.4 Å². The Morgan fingerprint density at radius 1 is 0.750 bits per heavy atom. The number of hydrogen-bond donors (Lipinski definition) is 3. The van der Waals surface area contributed by atoms with E-state index in [-0.39, 0.29) is 18.1 Å². The van der Waals surface area contributed by atoms with Crippen LogP contribution in [0.2, 0.25) is 0 Å². The third kappa shape index (κ3) is 8.79. The SMILES string of the molecule is CC(C)Cc1ccc(NC(=O)C(Nc2cccc(C(=O)c3cn(CCCC(=O)O)c4ccccc34)c2)c2ccc(CC(C)C)cc2)cc1. The highest BCUT2D eigenvalue weighted by Gasteiger charge is 2.23. The number of rotatable bonds is 15. The van der Waals surface area contributed by atoms with Crippen molar-refractivity contribution >= 4 is 39.9 Å². The second-order valence-electron chi connectivity index (χ2n) is 13.4. The molecule has 7 nitrogen and oxygen atoms in total. The second-order valence-corrected chi connectivity index (χ2v) is 13.4.